The van der Waals surface area contributed by atoms with Crippen molar-refractivity contribution in [3.05, 3.63) is 35.5 Å². The highest BCUT2D eigenvalue weighted by atomic mass is 32.1. The molecule has 0 aliphatic heterocycles. The molecule has 0 saturated heterocycles. The standard InChI is InChI=1S/C14H20N4OS/c1-4-15-14-12(16-17-20-14)10-18(2)9-11-7-5-6-8-13(11)19-3/h5-8,15H,4,9-10H2,1-3H3. The van der Waals surface area contributed by atoms with Gasteiger partial charge in [0.05, 0.1) is 7.11 Å². The zero-order valence-corrected chi connectivity index (χ0v) is 12.9. The molecule has 20 heavy (non-hydrogen) atoms. The molecule has 0 saturated carbocycles. The number of benzene rings is 1. The second-order valence-corrected chi connectivity index (χ2v) is 5.32. The summed E-state index contributed by atoms with van der Waals surface area (Å²) in [5.41, 5.74) is 2.17. The van der Waals surface area contributed by atoms with Crippen molar-refractivity contribution in [2.75, 3.05) is 26.0 Å². The largest absolute Gasteiger partial charge is 0.496 e. The van der Waals surface area contributed by atoms with Crippen LogP contribution < -0.4 is 10.1 Å². The van der Waals surface area contributed by atoms with E-state index in [4.69, 9.17) is 4.74 Å². The monoisotopic (exact) mass is 292 g/mol. The predicted molar refractivity (Wildman–Crippen MR) is 82.2 cm³/mol. The van der Waals surface area contributed by atoms with Crippen molar-refractivity contribution in [1.82, 2.24) is 14.5 Å². The van der Waals surface area contributed by atoms with Gasteiger partial charge in [0.2, 0.25) is 0 Å². The zero-order chi connectivity index (χ0) is 14.4. The normalized spacial score (nSPS) is 10.8. The van der Waals surface area contributed by atoms with Crippen LogP contribution in [0.1, 0.15) is 18.2 Å². The van der Waals surface area contributed by atoms with Crippen LogP contribution in [-0.2, 0) is 13.1 Å². The van der Waals surface area contributed by atoms with Gasteiger partial charge in [0, 0.05) is 36.7 Å². The molecular formula is C14H20N4OS. The third-order valence-electron chi connectivity index (χ3n) is 2.95. The topological polar surface area (TPSA) is 50.3 Å². The smallest absolute Gasteiger partial charge is 0.134 e. The molecule has 1 aromatic heterocycles. The first-order valence-electron chi connectivity index (χ1n) is 6.60. The molecule has 0 fully saturated rings. The Kier molecular flexibility index (Phi) is 5.31. The number of hydrogen-bond donors (Lipinski definition) is 1. The molecule has 5 nitrogen and oxygen atoms in total. The molecule has 1 N–H and O–H groups in total. The molecule has 0 aliphatic rings. The predicted octanol–water partition coefficient (Wildman–Crippen LogP) is 2.61. The first-order chi connectivity index (χ1) is 9.74. The fraction of sp³-hybridized carbons (Fsp3) is 0.429. The van der Waals surface area contributed by atoms with Gasteiger partial charge in [0.15, 0.2) is 0 Å². The molecule has 2 aromatic rings. The van der Waals surface area contributed by atoms with Crippen LogP contribution in [0.2, 0.25) is 0 Å². The average Bonchev–Trinajstić information content (AvgIpc) is 2.87. The summed E-state index contributed by atoms with van der Waals surface area (Å²) in [5, 5.41) is 8.54. The lowest BCUT2D eigenvalue weighted by atomic mass is 10.2. The quantitative estimate of drug-likeness (QED) is 0.850. The molecule has 1 heterocycles. The number of rotatable bonds is 7. The summed E-state index contributed by atoms with van der Waals surface area (Å²) in [5.74, 6) is 0.919. The lowest BCUT2D eigenvalue weighted by molar-refractivity contribution is 0.307. The van der Waals surface area contributed by atoms with Crippen molar-refractivity contribution in [3.8, 4) is 5.75 Å². The van der Waals surface area contributed by atoms with E-state index in [1.54, 1.807) is 7.11 Å². The van der Waals surface area contributed by atoms with Gasteiger partial charge in [-0.15, -0.1) is 5.10 Å². The highest BCUT2D eigenvalue weighted by Crippen LogP contribution is 2.22. The van der Waals surface area contributed by atoms with Crippen LogP contribution in [0.3, 0.4) is 0 Å². The van der Waals surface area contributed by atoms with Crippen molar-refractivity contribution in [1.29, 1.82) is 0 Å². The minimum atomic E-state index is 0.761. The Bertz CT molecular complexity index is 543. The van der Waals surface area contributed by atoms with Crippen molar-refractivity contribution in [2.45, 2.75) is 20.0 Å². The van der Waals surface area contributed by atoms with Gasteiger partial charge in [0.25, 0.3) is 0 Å². The zero-order valence-electron chi connectivity index (χ0n) is 12.1. The van der Waals surface area contributed by atoms with E-state index in [1.165, 1.54) is 17.1 Å². The van der Waals surface area contributed by atoms with Crippen molar-refractivity contribution < 1.29 is 4.74 Å². The van der Waals surface area contributed by atoms with Crippen molar-refractivity contribution in [3.63, 3.8) is 0 Å². The molecule has 2 rings (SSSR count). The molecule has 1 aromatic carbocycles. The van der Waals surface area contributed by atoms with Crippen LogP contribution in [0.4, 0.5) is 5.00 Å². The van der Waals surface area contributed by atoms with Crippen LogP contribution in [-0.4, -0.2) is 35.2 Å². The number of aromatic nitrogens is 2. The van der Waals surface area contributed by atoms with Crippen molar-refractivity contribution in [2.24, 2.45) is 0 Å². The fourth-order valence-electron chi connectivity index (χ4n) is 2.04. The van der Waals surface area contributed by atoms with Crippen molar-refractivity contribution >= 4 is 16.5 Å². The summed E-state index contributed by atoms with van der Waals surface area (Å²) >= 11 is 1.41. The summed E-state index contributed by atoms with van der Waals surface area (Å²) in [4.78, 5) is 2.20. The van der Waals surface area contributed by atoms with Gasteiger partial charge in [-0.3, -0.25) is 4.90 Å². The minimum Gasteiger partial charge on any atom is -0.496 e. The van der Waals surface area contributed by atoms with Gasteiger partial charge in [-0.25, -0.2) is 0 Å². The van der Waals surface area contributed by atoms with Crippen LogP contribution in [0.5, 0.6) is 5.75 Å². The van der Waals surface area contributed by atoms with E-state index in [0.29, 0.717) is 0 Å². The van der Waals surface area contributed by atoms with E-state index in [2.05, 4.69) is 39.8 Å². The second-order valence-electron chi connectivity index (χ2n) is 4.56. The first kappa shape index (κ1) is 14.7. The third-order valence-corrected chi connectivity index (χ3v) is 3.67. The number of para-hydroxylation sites is 1. The summed E-state index contributed by atoms with van der Waals surface area (Å²) < 4.78 is 9.39. The summed E-state index contributed by atoms with van der Waals surface area (Å²) in [6.07, 6.45) is 0. The molecule has 0 amide bonds. The molecule has 6 heteroatoms. The van der Waals surface area contributed by atoms with Gasteiger partial charge in [-0.2, -0.15) is 0 Å². The van der Waals surface area contributed by atoms with Gasteiger partial charge in [0.1, 0.15) is 16.4 Å². The Morgan fingerprint density at radius 2 is 2.10 bits per heavy atom. The van der Waals surface area contributed by atoms with Gasteiger partial charge < -0.3 is 10.1 Å². The molecule has 0 aliphatic carbocycles. The Morgan fingerprint density at radius 1 is 1.30 bits per heavy atom. The maximum atomic E-state index is 5.38. The second kappa shape index (κ2) is 7.21. The Morgan fingerprint density at radius 3 is 2.85 bits per heavy atom. The Labute approximate surface area is 123 Å². The van der Waals surface area contributed by atoms with Crippen LogP contribution in [0.25, 0.3) is 0 Å². The lowest BCUT2D eigenvalue weighted by Gasteiger charge is -2.17. The van der Waals surface area contributed by atoms with E-state index in [1.807, 2.05) is 18.2 Å². The van der Waals surface area contributed by atoms with E-state index >= 15 is 0 Å². The highest BCUT2D eigenvalue weighted by molar-refractivity contribution is 7.10. The first-order valence-corrected chi connectivity index (χ1v) is 7.37. The van der Waals surface area contributed by atoms with Crippen LogP contribution in [0, 0.1) is 0 Å². The van der Waals surface area contributed by atoms with Gasteiger partial charge >= 0.3 is 0 Å². The third kappa shape index (κ3) is 3.68. The molecule has 0 atom stereocenters. The molecule has 0 unspecified atom stereocenters. The SMILES string of the molecule is CCNc1snnc1CN(C)Cc1ccccc1OC. The number of nitrogens with one attached hydrogen (secondary N) is 1. The number of hydrogen-bond acceptors (Lipinski definition) is 6. The van der Waals surface area contributed by atoms with E-state index in [0.717, 1.165) is 36.1 Å². The van der Waals surface area contributed by atoms with Crippen LogP contribution in [0.15, 0.2) is 24.3 Å². The molecule has 0 radical (unpaired) electrons. The van der Waals surface area contributed by atoms with Gasteiger partial charge in [-0.1, -0.05) is 22.7 Å². The van der Waals surface area contributed by atoms with E-state index < -0.39 is 0 Å². The fourth-order valence-corrected chi connectivity index (χ4v) is 2.68. The summed E-state index contributed by atoms with van der Waals surface area (Å²) in [7, 11) is 3.77. The molecule has 108 valence electrons. The average molecular weight is 292 g/mol. The molecule has 0 bridgehead atoms. The number of methoxy groups -OCH3 is 1. The maximum absolute atomic E-state index is 5.38. The summed E-state index contributed by atoms with van der Waals surface area (Å²) in [6, 6.07) is 8.08. The minimum absolute atomic E-state index is 0.761. The lowest BCUT2D eigenvalue weighted by Crippen LogP contribution is -2.18. The molecule has 0 spiro atoms. The Balaban J connectivity index is 2.01. The van der Waals surface area contributed by atoms with Crippen LogP contribution >= 0.6 is 11.5 Å². The highest BCUT2D eigenvalue weighted by Gasteiger charge is 2.11. The number of nitrogens with zero attached hydrogens (tertiary/aromatic N) is 3. The maximum Gasteiger partial charge on any atom is 0.134 e. The van der Waals surface area contributed by atoms with E-state index in [-0.39, 0.29) is 0 Å². The Hall–Kier alpha value is -1.66. The number of ether oxygens (including phenoxy) is 1. The summed E-state index contributed by atoms with van der Waals surface area (Å²) in [6.45, 7) is 4.53. The molecular weight excluding hydrogens is 272 g/mol. The number of anilines is 1. The van der Waals surface area contributed by atoms with Gasteiger partial charge in [-0.05, 0) is 20.0 Å². The van der Waals surface area contributed by atoms with E-state index in [9.17, 15) is 0 Å².